The van der Waals surface area contributed by atoms with Gasteiger partial charge < -0.3 is 57.8 Å². The molecule has 20 nitrogen and oxygen atoms in total. The first kappa shape index (κ1) is 111. The average Bonchev–Trinajstić information content (AvgIpc) is 0.836. The zero-order chi connectivity index (χ0) is 103. The maximum Gasteiger partial charge on any atom is 0.411 e. The van der Waals surface area contributed by atoms with Crippen LogP contribution in [0.2, 0.25) is 5.02 Å². The molecule has 0 spiro atoms. The highest BCUT2D eigenvalue weighted by Crippen LogP contribution is 2.33. The number of halogens is 6. The van der Waals surface area contributed by atoms with Crippen molar-refractivity contribution in [2.24, 2.45) is 0 Å². The van der Waals surface area contributed by atoms with Crippen molar-refractivity contribution in [3.8, 4) is 74.1 Å². The van der Waals surface area contributed by atoms with Crippen molar-refractivity contribution in [3.63, 3.8) is 0 Å². The summed E-state index contributed by atoms with van der Waals surface area (Å²) in [5, 5.41) is 6.02. The number of amides is 2. The van der Waals surface area contributed by atoms with Gasteiger partial charge in [0.2, 0.25) is 0 Å². The van der Waals surface area contributed by atoms with Gasteiger partial charge >= 0.3 is 36.1 Å². The molecule has 1 atom stereocenters. The molecule has 141 heavy (non-hydrogen) atoms. The maximum absolute atomic E-state index is 14.2. The van der Waals surface area contributed by atoms with Crippen molar-refractivity contribution in [3.05, 3.63) is 380 Å². The van der Waals surface area contributed by atoms with E-state index in [9.17, 15) is 50.7 Å². The first-order valence-electron chi connectivity index (χ1n) is 44.1. The van der Waals surface area contributed by atoms with Gasteiger partial charge in [0, 0.05) is 77.4 Å². The molecule has 0 fully saturated rings. The van der Waals surface area contributed by atoms with E-state index in [4.69, 9.17) is 50.1 Å². The quantitative estimate of drug-likeness (QED) is 0.0167. The van der Waals surface area contributed by atoms with Gasteiger partial charge in [-0.1, -0.05) is 210 Å². The molecule has 0 aliphatic carbocycles. The zero-order valence-corrected chi connectivity index (χ0v) is 80.8. The second-order valence-corrected chi connectivity index (χ2v) is 31.7. The van der Waals surface area contributed by atoms with Crippen molar-refractivity contribution in [2.45, 2.75) is 85.2 Å². The minimum Gasteiger partial charge on any atom is -0.469 e. The third-order valence-corrected chi connectivity index (χ3v) is 21.7. The molecular weight excluding hydrogens is 1820 g/mol. The molecule has 726 valence electrons. The number of methoxy groups -OCH3 is 6. The van der Waals surface area contributed by atoms with Crippen molar-refractivity contribution in [2.75, 3.05) is 122 Å². The van der Waals surface area contributed by atoms with Crippen LogP contribution in [0.15, 0.2) is 279 Å². The molecule has 0 radical (unpaired) electrons. The van der Waals surface area contributed by atoms with E-state index in [0.29, 0.717) is 87.1 Å². The summed E-state index contributed by atoms with van der Waals surface area (Å²) in [6.07, 6.45) is 32.3. The number of rotatable bonds is 34. The number of esters is 4. The number of anilines is 8. The van der Waals surface area contributed by atoms with Gasteiger partial charge in [0.05, 0.1) is 125 Å². The molecule has 0 aromatic heterocycles. The Hall–Kier alpha value is -16.8. The summed E-state index contributed by atoms with van der Waals surface area (Å²) in [6.45, 7) is 10.8. The molecule has 0 aliphatic rings. The molecule has 0 bridgehead atoms. The second kappa shape index (κ2) is 59.9. The number of hydrogen-bond donors (Lipinski definition) is 2. The fourth-order valence-electron chi connectivity index (χ4n) is 14.0. The van der Waals surface area contributed by atoms with E-state index in [2.05, 4.69) is 116 Å². The molecule has 12 rings (SSSR count). The third-order valence-electron chi connectivity index (χ3n) is 21.3. The van der Waals surface area contributed by atoms with E-state index >= 15 is 0 Å². The van der Waals surface area contributed by atoms with Crippen LogP contribution in [0.1, 0.15) is 79.7 Å². The predicted octanol–water partition coefficient (Wildman–Crippen LogP) is 21.7. The number of nitrogens with zero attached hydrogens (tertiary/aromatic N) is 6. The van der Waals surface area contributed by atoms with Crippen molar-refractivity contribution in [1.29, 1.82) is 0 Å². The number of terminal acetylenes is 6. The zero-order valence-electron chi connectivity index (χ0n) is 80.1. The molecule has 12 aromatic carbocycles. The largest absolute Gasteiger partial charge is 0.469 e. The maximum atomic E-state index is 14.2. The lowest BCUT2D eigenvalue weighted by atomic mass is 10.1. The van der Waals surface area contributed by atoms with Crippen molar-refractivity contribution >= 4 is 93.2 Å². The summed E-state index contributed by atoms with van der Waals surface area (Å²) in [4.78, 5) is 79.9. The van der Waals surface area contributed by atoms with E-state index < -0.39 is 24.0 Å². The van der Waals surface area contributed by atoms with Gasteiger partial charge in [0.25, 0.3) is 0 Å². The number of para-hydroxylation sites is 2. The summed E-state index contributed by atoms with van der Waals surface area (Å²) >= 11 is 6.22. The van der Waals surface area contributed by atoms with Crippen LogP contribution in [-0.2, 0) is 106 Å². The lowest BCUT2D eigenvalue weighted by Gasteiger charge is -2.30. The summed E-state index contributed by atoms with van der Waals surface area (Å²) < 4.78 is 95.4. The number of carbonyl (C=O) groups excluding carboxylic acids is 6. The van der Waals surface area contributed by atoms with Gasteiger partial charge in [-0.3, -0.25) is 29.8 Å². The summed E-state index contributed by atoms with van der Waals surface area (Å²) in [5.41, 5.74) is 16.6. The third kappa shape index (κ3) is 38.0. The molecule has 12 aromatic rings. The van der Waals surface area contributed by atoms with Gasteiger partial charge in [-0.15, -0.1) is 38.5 Å². The number of benzene rings is 12. The monoisotopic (exact) mass is 1930 g/mol. The molecule has 0 heterocycles. The molecule has 26 heteroatoms. The van der Waals surface area contributed by atoms with Crippen LogP contribution in [0.5, 0.6) is 0 Å². The molecule has 0 saturated heterocycles. The van der Waals surface area contributed by atoms with E-state index in [1.807, 2.05) is 155 Å². The van der Waals surface area contributed by atoms with Gasteiger partial charge in [-0.05, 0) is 198 Å². The second-order valence-electron chi connectivity index (χ2n) is 31.3. The van der Waals surface area contributed by atoms with Crippen LogP contribution in [0, 0.1) is 117 Å². The Morgan fingerprint density at radius 3 is 1.23 bits per heavy atom. The summed E-state index contributed by atoms with van der Waals surface area (Å²) in [6, 6.07) is 82.1. The van der Waals surface area contributed by atoms with E-state index in [1.54, 1.807) is 84.6 Å². The predicted molar refractivity (Wildman–Crippen MR) is 551 cm³/mol. The Balaban J connectivity index is 0.000000230. The molecule has 0 saturated carbocycles. The lowest BCUT2D eigenvalue weighted by molar-refractivity contribution is -0.140. The number of hydrogen-bond acceptors (Lipinski definition) is 18. The minimum absolute atomic E-state index is 0.0602. The highest BCUT2D eigenvalue weighted by molar-refractivity contribution is 6.31. The fraction of sp³-hybridized carbons (Fsp3) is 0.217. The number of nitrogens with one attached hydrogen (secondary N) is 2. The normalized spacial score (nSPS) is 10.2. The summed E-state index contributed by atoms with van der Waals surface area (Å²) in [7, 11) is 8.01. The number of aryl methyl sites for hydroxylation is 2. The van der Waals surface area contributed by atoms with Gasteiger partial charge in [-0.2, -0.15) is 0 Å². The highest BCUT2D eigenvalue weighted by Gasteiger charge is 2.21. The van der Waals surface area contributed by atoms with Crippen LogP contribution in [0.25, 0.3) is 0 Å². The van der Waals surface area contributed by atoms with Gasteiger partial charge in [0.1, 0.15) is 29.1 Å². The van der Waals surface area contributed by atoms with E-state index in [1.165, 1.54) is 102 Å². The Labute approximate surface area is 828 Å². The highest BCUT2D eigenvalue weighted by atomic mass is 35.5. The Morgan fingerprint density at radius 1 is 0.333 bits per heavy atom. The average molecular weight is 1930 g/mol. The van der Waals surface area contributed by atoms with Crippen molar-refractivity contribution < 1.29 is 79.1 Å². The summed E-state index contributed by atoms with van der Waals surface area (Å²) in [5.74, 6) is 12.9. The first-order valence-corrected chi connectivity index (χ1v) is 44.5. The molecular formula is C115H112ClF5N8O12. The van der Waals surface area contributed by atoms with Crippen LogP contribution in [0.4, 0.5) is 77.0 Å². The lowest BCUT2D eigenvalue weighted by Crippen LogP contribution is -2.27. The van der Waals surface area contributed by atoms with Crippen LogP contribution in [-0.4, -0.2) is 118 Å². The Bertz CT molecular complexity index is 6220. The van der Waals surface area contributed by atoms with Crippen LogP contribution >= 0.6 is 11.6 Å². The molecule has 1 unspecified atom stereocenters. The van der Waals surface area contributed by atoms with Crippen LogP contribution < -0.4 is 40.0 Å². The molecule has 0 aliphatic heterocycles. The fourth-order valence-corrected chi connectivity index (χ4v) is 14.2. The standard InChI is InChI=1S/C20H21NO2.C19H18ClNO2.C19H17F2NO2.2C19H19FN2O2.C19H18FNO2/c1-4-12-21(15-18-7-5-6-16(2)13-18)19-10-8-17(9-11-19)14-20(22)23-3;1-3-12-21(14-16-6-4-5-7-18(16)20)17-10-8-15(9-11-17)13-19(22)23-2;1-3-10-22(13-14-4-7-16(20)8-5-14)17-9-6-15(18(21)12-17)11-19(23)24-2;1-4-12-22(14(2)15-8-10-16(20)11-9-15)18-7-5-6-17(13-18)21-19(23)24-3;1-4-11-22(13-15-9-10-16(20)14(2)12-15)18-8-6-5-7-17(18)21-19(23)24-3;1-3-12-21(14-16-6-4-5-7-18(16)20)17-10-8-15(9-11-17)13-19(22)23-2/h1,5-11,13H,12,14-15H2,2-3H3;1,4-11H,12-14H2,2H3;1,4-9,12H,10-11,13H2,2H3;1,5-11,13-14H,12H2,2-3H3,(H,21,23);1,5-10,12H,11,13H2,2-3H3,(H,21,23);1,4-11H,12-14H2,2H3. The Kier molecular flexibility index (Phi) is 47.2. The smallest absolute Gasteiger partial charge is 0.411 e. The van der Waals surface area contributed by atoms with Crippen molar-refractivity contribution in [1.82, 2.24) is 0 Å². The molecule has 2 amide bonds. The van der Waals surface area contributed by atoms with E-state index in [-0.39, 0.29) is 85.0 Å². The van der Waals surface area contributed by atoms with E-state index in [0.717, 1.165) is 78.9 Å². The molecule has 2 N–H and O–H groups in total. The minimum atomic E-state index is -0.555. The Morgan fingerprint density at radius 2 is 0.745 bits per heavy atom. The number of ether oxygens (including phenoxy) is 6. The topological polar surface area (TPSA) is 201 Å². The number of carbonyl (C=O) groups is 6. The van der Waals surface area contributed by atoms with Gasteiger partial charge in [0.15, 0.2) is 0 Å². The van der Waals surface area contributed by atoms with Gasteiger partial charge in [-0.25, -0.2) is 31.5 Å². The first-order chi connectivity index (χ1) is 68.0. The SMILES string of the molecule is C#CCN(Cc1ccc(F)c(C)c1)c1ccccc1NC(=O)OC.C#CCN(Cc1ccc(F)cc1)c1ccc(CC(=O)OC)c(F)c1.C#CCN(Cc1cccc(C)c1)c1ccc(CC(=O)OC)cc1.C#CCN(Cc1ccccc1Cl)c1ccc(CC(=O)OC)cc1.C#CCN(Cc1ccccc1F)c1ccc(CC(=O)OC)cc1.C#CCN(c1cccc(NC(=O)OC)c1)C(C)c1ccc(F)cc1. The van der Waals surface area contributed by atoms with Crippen LogP contribution in [0.3, 0.4) is 0 Å².